The number of benzene rings is 3. The van der Waals surface area contributed by atoms with Crippen LogP contribution in [-0.2, 0) is 20.2 Å². The number of halogens is 1. The Bertz CT molecular complexity index is 1320. The van der Waals surface area contributed by atoms with E-state index in [1.807, 2.05) is 31.2 Å². The number of hydrogen-bond donors (Lipinski definition) is 0. The van der Waals surface area contributed by atoms with Gasteiger partial charge in [-0.05, 0) is 42.3 Å². The molecule has 30 heavy (non-hydrogen) atoms. The minimum atomic E-state index is -0.395. The molecular formula is C24H21ClN2O3. The van der Waals surface area contributed by atoms with Crippen molar-refractivity contribution < 1.29 is 4.74 Å². The quantitative estimate of drug-likeness (QED) is 0.484. The molecule has 3 aromatic carbocycles. The molecule has 4 aromatic rings. The largest absolute Gasteiger partial charge is 0.487 e. The number of fused-ring (bicyclic) bond motifs is 1. The van der Waals surface area contributed by atoms with Crippen molar-refractivity contribution >= 4 is 22.5 Å². The van der Waals surface area contributed by atoms with Crippen molar-refractivity contribution in [3.8, 4) is 5.75 Å². The van der Waals surface area contributed by atoms with Crippen LogP contribution in [0.2, 0.25) is 5.02 Å². The van der Waals surface area contributed by atoms with E-state index in [0.29, 0.717) is 28.3 Å². The van der Waals surface area contributed by atoms with Crippen LogP contribution in [0.1, 0.15) is 16.7 Å². The number of aryl methyl sites for hydroxylation is 2. The van der Waals surface area contributed by atoms with Crippen LogP contribution in [0.15, 0.2) is 76.3 Å². The Hall–Kier alpha value is -3.31. The molecule has 0 spiro atoms. The maximum Gasteiger partial charge on any atom is 0.331 e. The third kappa shape index (κ3) is 3.89. The highest BCUT2D eigenvalue weighted by molar-refractivity contribution is 6.30. The van der Waals surface area contributed by atoms with Crippen LogP contribution in [-0.4, -0.2) is 9.13 Å². The second-order valence-corrected chi connectivity index (χ2v) is 7.72. The zero-order valence-corrected chi connectivity index (χ0v) is 17.5. The van der Waals surface area contributed by atoms with E-state index in [4.69, 9.17) is 16.3 Å². The Morgan fingerprint density at radius 3 is 2.27 bits per heavy atom. The van der Waals surface area contributed by atoms with Gasteiger partial charge in [-0.2, -0.15) is 0 Å². The van der Waals surface area contributed by atoms with E-state index in [-0.39, 0.29) is 12.1 Å². The van der Waals surface area contributed by atoms with Gasteiger partial charge in [-0.3, -0.25) is 13.9 Å². The summed E-state index contributed by atoms with van der Waals surface area (Å²) in [6.07, 6.45) is 0. The Kier molecular flexibility index (Phi) is 5.46. The summed E-state index contributed by atoms with van der Waals surface area (Å²) in [6, 6.07) is 20.4. The van der Waals surface area contributed by atoms with E-state index in [1.54, 1.807) is 49.5 Å². The van der Waals surface area contributed by atoms with Crippen LogP contribution in [0, 0.1) is 6.92 Å². The zero-order valence-electron chi connectivity index (χ0n) is 16.8. The summed E-state index contributed by atoms with van der Waals surface area (Å²) >= 11 is 5.93. The average molecular weight is 421 g/mol. The van der Waals surface area contributed by atoms with Gasteiger partial charge in [-0.15, -0.1) is 0 Å². The van der Waals surface area contributed by atoms with Gasteiger partial charge in [-0.25, -0.2) is 4.79 Å². The molecule has 0 bridgehead atoms. The summed E-state index contributed by atoms with van der Waals surface area (Å²) < 4.78 is 8.69. The molecule has 0 saturated heterocycles. The van der Waals surface area contributed by atoms with Gasteiger partial charge < -0.3 is 4.74 Å². The van der Waals surface area contributed by atoms with Gasteiger partial charge in [0.1, 0.15) is 17.9 Å². The smallest absolute Gasteiger partial charge is 0.331 e. The van der Waals surface area contributed by atoms with E-state index in [2.05, 4.69) is 0 Å². The molecule has 0 radical (unpaired) electrons. The van der Waals surface area contributed by atoms with Crippen molar-refractivity contribution in [1.29, 1.82) is 0 Å². The van der Waals surface area contributed by atoms with Crippen molar-refractivity contribution in [2.24, 2.45) is 7.05 Å². The molecule has 5 nitrogen and oxygen atoms in total. The molecule has 0 atom stereocenters. The maximum absolute atomic E-state index is 13.1. The lowest BCUT2D eigenvalue weighted by atomic mass is 10.1. The maximum atomic E-state index is 13.1. The number of hydrogen-bond acceptors (Lipinski definition) is 3. The summed E-state index contributed by atoms with van der Waals surface area (Å²) in [5.41, 5.74) is 2.76. The number of ether oxygens (including phenoxy) is 1. The van der Waals surface area contributed by atoms with Gasteiger partial charge in [0, 0.05) is 12.1 Å². The first-order valence-electron chi connectivity index (χ1n) is 9.59. The van der Waals surface area contributed by atoms with Gasteiger partial charge in [0.25, 0.3) is 5.56 Å². The standard InChI is InChI=1S/C24H21ClN2O3/c1-16-6-8-18(9-7-16)15-30-21-5-3-4-20-22(21)26(2)24(29)27(23(20)28)14-17-10-12-19(25)13-11-17/h3-13H,14-15H2,1-2H3. The molecule has 0 saturated carbocycles. The second-order valence-electron chi connectivity index (χ2n) is 7.29. The van der Waals surface area contributed by atoms with Crippen LogP contribution in [0.5, 0.6) is 5.75 Å². The van der Waals surface area contributed by atoms with Crippen molar-refractivity contribution in [3.63, 3.8) is 0 Å². The SMILES string of the molecule is Cc1ccc(COc2cccc3c(=O)n(Cc4ccc(Cl)cc4)c(=O)n(C)c23)cc1. The van der Waals surface area contributed by atoms with E-state index in [0.717, 1.165) is 11.1 Å². The molecule has 0 aliphatic heterocycles. The predicted octanol–water partition coefficient (Wildman–Crippen LogP) is 4.29. The molecule has 152 valence electrons. The Morgan fingerprint density at radius 2 is 1.57 bits per heavy atom. The third-order valence-corrected chi connectivity index (χ3v) is 5.35. The number of rotatable bonds is 5. The lowest BCUT2D eigenvalue weighted by Gasteiger charge is -2.15. The van der Waals surface area contributed by atoms with Gasteiger partial charge in [0.05, 0.1) is 11.9 Å². The Labute approximate surface area is 178 Å². The van der Waals surface area contributed by atoms with Crippen molar-refractivity contribution in [2.75, 3.05) is 0 Å². The molecule has 4 rings (SSSR count). The highest BCUT2D eigenvalue weighted by atomic mass is 35.5. The highest BCUT2D eigenvalue weighted by Crippen LogP contribution is 2.23. The van der Waals surface area contributed by atoms with E-state index in [1.165, 1.54) is 14.7 Å². The summed E-state index contributed by atoms with van der Waals surface area (Å²) in [6.45, 7) is 2.55. The summed E-state index contributed by atoms with van der Waals surface area (Å²) in [5.74, 6) is 0.503. The van der Waals surface area contributed by atoms with Gasteiger partial charge in [0.2, 0.25) is 0 Å². The summed E-state index contributed by atoms with van der Waals surface area (Å²) in [7, 11) is 1.65. The van der Waals surface area contributed by atoms with Gasteiger partial charge >= 0.3 is 5.69 Å². The van der Waals surface area contributed by atoms with Crippen molar-refractivity contribution in [2.45, 2.75) is 20.1 Å². The number of aromatic nitrogens is 2. The summed E-state index contributed by atoms with van der Waals surface area (Å²) in [4.78, 5) is 26.1. The van der Waals surface area contributed by atoms with E-state index < -0.39 is 5.69 Å². The first-order chi connectivity index (χ1) is 14.4. The third-order valence-electron chi connectivity index (χ3n) is 5.10. The Balaban J connectivity index is 1.74. The van der Waals surface area contributed by atoms with Gasteiger partial charge in [0.15, 0.2) is 0 Å². The van der Waals surface area contributed by atoms with Crippen molar-refractivity contribution in [3.05, 3.63) is 109 Å². The molecule has 0 fully saturated rings. The molecule has 0 N–H and O–H groups in total. The average Bonchev–Trinajstić information content (AvgIpc) is 2.76. The first-order valence-corrected chi connectivity index (χ1v) is 9.97. The molecule has 6 heteroatoms. The fraction of sp³-hybridized carbons (Fsp3) is 0.167. The number of nitrogens with zero attached hydrogens (tertiary/aromatic N) is 2. The highest BCUT2D eigenvalue weighted by Gasteiger charge is 2.15. The monoisotopic (exact) mass is 420 g/mol. The minimum Gasteiger partial charge on any atom is -0.487 e. The Morgan fingerprint density at radius 1 is 0.900 bits per heavy atom. The normalized spacial score (nSPS) is 11.0. The molecule has 1 aromatic heterocycles. The molecule has 1 heterocycles. The first kappa shape index (κ1) is 20.0. The van der Waals surface area contributed by atoms with Crippen molar-refractivity contribution in [1.82, 2.24) is 9.13 Å². The van der Waals surface area contributed by atoms with Crippen LogP contribution >= 0.6 is 11.6 Å². The topological polar surface area (TPSA) is 53.2 Å². The number of para-hydroxylation sites is 1. The molecule has 0 aliphatic carbocycles. The van der Waals surface area contributed by atoms with Crippen LogP contribution in [0.4, 0.5) is 0 Å². The molecular weight excluding hydrogens is 400 g/mol. The fourth-order valence-electron chi connectivity index (χ4n) is 3.42. The zero-order chi connectivity index (χ0) is 21.3. The van der Waals surface area contributed by atoms with Crippen LogP contribution in [0.25, 0.3) is 10.9 Å². The fourth-order valence-corrected chi connectivity index (χ4v) is 3.55. The summed E-state index contributed by atoms with van der Waals surface area (Å²) in [5, 5.41) is 1.04. The molecule has 0 aliphatic rings. The van der Waals surface area contributed by atoms with Gasteiger partial charge in [-0.1, -0.05) is 59.6 Å². The van der Waals surface area contributed by atoms with E-state index in [9.17, 15) is 9.59 Å². The molecule has 0 unspecified atom stereocenters. The predicted molar refractivity (Wildman–Crippen MR) is 120 cm³/mol. The second kappa shape index (κ2) is 8.20. The lowest BCUT2D eigenvalue weighted by molar-refractivity contribution is 0.308. The van der Waals surface area contributed by atoms with Crippen LogP contribution in [0.3, 0.4) is 0 Å². The minimum absolute atomic E-state index is 0.174. The lowest BCUT2D eigenvalue weighted by Crippen LogP contribution is -2.39. The molecule has 0 amide bonds. The van der Waals surface area contributed by atoms with E-state index >= 15 is 0 Å². The van der Waals surface area contributed by atoms with Crippen LogP contribution < -0.4 is 16.0 Å².